The fraction of sp³-hybridized carbons (Fsp3) is 0.375. The van der Waals surface area contributed by atoms with E-state index >= 15 is 0 Å². The van der Waals surface area contributed by atoms with Gasteiger partial charge in [0.25, 0.3) is 5.91 Å². The molecule has 0 radical (unpaired) electrons. The highest BCUT2D eigenvalue weighted by Gasteiger charge is 2.34. The molecular formula is C24H24F3N5O2. The molecule has 2 unspecified atom stereocenters. The summed E-state index contributed by atoms with van der Waals surface area (Å²) in [5.74, 6) is 0.508. The first-order chi connectivity index (χ1) is 16.2. The maximum atomic E-state index is 13.7. The first-order valence-corrected chi connectivity index (χ1v) is 10.9. The SMILES string of the molecule is Cc1ccc(-c2ncccn2)c(C(=O)N2CC(C)CCC2COc2ccc(C(F)(F)F)cn2)n1. The number of piperidine rings is 1. The van der Waals surface area contributed by atoms with E-state index in [-0.39, 0.29) is 36.0 Å². The fourth-order valence-electron chi connectivity index (χ4n) is 3.92. The van der Waals surface area contributed by atoms with Crippen molar-refractivity contribution in [3.05, 3.63) is 65.9 Å². The summed E-state index contributed by atoms with van der Waals surface area (Å²) >= 11 is 0. The predicted octanol–water partition coefficient (Wildman–Crippen LogP) is 4.58. The summed E-state index contributed by atoms with van der Waals surface area (Å²) in [4.78, 5) is 32.2. The van der Waals surface area contributed by atoms with E-state index in [4.69, 9.17) is 4.74 Å². The number of aromatic nitrogens is 4. The number of carbonyl (C=O) groups excluding carboxylic acids is 1. The molecule has 178 valence electrons. The number of hydrogen-bond donors (Lipinski definition) is 0. The number of likely N-dealkylation sites (tertiary alicyclic amines) is 1. The minimum Gasteiger partial charge on any atom is -0.475 e. The van der Waals surface area contributed by atoms with Crippen molar-refractivity contribution in [2.75, 3.05) is 13.2 Å². The first kappa shape index (κ1) is 23.6. The Morgan fingerprint density at radius 1 is 1.12 bits per heavy atom. The van der Waals surface area contributed by atoms with Crippen LogP contribution in [0.15, 0.2) is 48.9 Å². The molecule has 2 atom stereocenters. The molecule has 0 aromatic carbocycles. The van der Waals surface area contributed by atoms with Crippen LogP contribution in [0.4, 0.5) is 13.2 Å². The van der Waals surface area contributed by atoms with Crippen molar-refractivity contribution < 1.29 is 22.7 Å². The zero-order valence-electron chi connectivity index (χ0n) is 18.8. The van der Waals surface area contributed by atoms with Crippen LogP contribution in [0.25, 0.3) is 11.4 Å². The average molecular weight is 471 g/mol. The number of carbonyl (C=O) groups is 1. The molecule has 10 heteroatoms. The molecule has 1 aliphatic rings. The molecule has 4 heterocycles. The number of pyridine rings is 2. The second-order valence-corrected chi connectivity index (χ2v) is 8.41. The van der Waals surface area contributed by atoms with Crippen molar-refractivity contribution in [2.45, 2.75) is 38.9 Å². The van der Waals surface area contributed by atoms with E-state index in [0.29, 0.717) is 30.0 Å². The Bertz CT molecular complexity index is 1140. The van der Waals surface area contributed by atoms with E-state index in [0.717, 1.165) is 18.7 Å². The lowest BCUT2D eigenvalue weighted by Crippen LogP contribution is -2.49. The Hall–Kier alpha value is -3.56. The summed E-state index contributed by atoms with van der Waals surface area (Å²) in [7, 11) is 0. The van der Waals surface area contributed by atoms with Crippen molar-refractivity contribution >= 4 is 5.91 Å². The van der Waals surface area contributed by atoms with Gasteiger partial charge in [0.15, 0.2) is 5.82 Å². The zero-order valence-corrected chi connectivity index (χ0v) is 18.8. The number of amides is 1. The molecule has 0 aliphatic carbocycles. The average Bonchev–Trinajstić information content (AvgIpc) is 2.83. The lowest BCUT2D eigenvalue weighted by atomic mass is 9.93. The van der Waals surface area contributed by atoms with E-state index in [1.165, 1.54) is 6.07 Å². The molecule has 0 saturated carbocycles. The van der Waals surface area contributed by atoms with Gasteiger partial charge in [0, 0.05) is 36.9 Å². The molecule has 3 aromatic rings. The lowest BCUT2D eigenvalue weighted by molar-refractivity contribution is -0.137. The Kier molecular flexibility index (Phi) is 6.76. The third kappa shape index (κ3) is 5.32. The van der Waals surface area contributed by atoms with Crippen molar-refractivity contribution in [1.82, 2.24) is 24.8 Å². The highest BCUT2D eigenvalue weighted by Crippen LogP contribution is 2.30. The number of hydrogen-bond acceptors (Lipinski definition) is 6. The Labute approximate surface area is 195 Å². The zero-order chi connectivity index (χ0) is 24.3. The summed E-state index contributed by atoms with van der Waals surface area (Å²) in [5.41, 5.74) is 0.649. The van der Waals surface area contributed by atoms with Gasteiger partial charge in [-0.1, -0.05) is 6.92 Å². The first-order valence-electron chi connectivity index (χ1n) is 10.9. The summed E-state index contributed by atoms with van der Waals surface area (Å²) in [6, 6.07) is 7.12. The summed E-state index contributed by atoms with van der Waals surface area (Å²) in [5, 5.41) is 0. The molecule has 4 rings (SSSR count). The summed E-state index contributed by atoms with van der Waals surface area (Å²) in [6.07, 6.45) is 1.07. The van der Waals surface area contributed by atoms with E-state index in [1.54, 1.807) is 35.5 Å². The second kappa shape index (κ2) is 9.74. The van der Waals surface area contributed by atoms with Crippen LogP contribution in [-0.4, -0.2) is 49.9 Å². The van der Waals surface area contributed by atoms with Gasteiger partial charge in [-0.25, -0.2) is 19.9 Å². The molecule has 3 aromatic heterocycles. The van der Waals surface area contributed by atoms with Gasteiger partial charge < -0.3 is 9.64 Å². The number of nitrogens with zero attached hydrogens (tertiary/aromatic N) is 5. The van der Waals surface area contributed by atoms with Crippen molar-refractivity contribution in [3.63, 3.8) is 0 Å². The molecule has 1 saturated heterocycles. The van der Waals surface area contributed by atoms with Gasteiger partial charge >= 0.3 is 6.18 Å². The van der Waals surface area contributed by atoms with Crippen LogP contribution in [0.5, 0.6) is 5.88 Å². The van der Waals surface area contributed by atoms with E-state index in [9.17, 15) is 18.0 Å². The minimum atomic E-state index is -4.46. The molecular weight excluding hydrogens is 447 g/mol. The normalized spacial score (nSPS) is 18.6. The van der Waals surface area contributed by atoms with E-state index in [1.807, 2.05) is 6.92 Å². The van der Waals surface area contributed by atoms with Crippen LogP contribution in [0, 0.1) is 12.8 Å². The van der Waals surface area contributed by atoms with Crippen molar-refractivity contribution in [1.29, 1.82) is 0 Å². The molecule has 0 spiro atoms. The van der Waals surface area contributed by atoms with Gasteiger partial charge in [0.2, 0.25) is 5.88 Å². The van der Waals surface area contributed by atoms with Gasteiger partial charge in [-0.3, -0.25) is 4.79 Å². The van der Waals surface area contributed by atoms with Gasteiger partial charge in [0.05, 0.1) is 17.2 Å². The maximum absolute atomic E-state index is 13.7. The Morgan fingerprint density at radius 2 is 1.88 bits per heavy atom. The van der Waals surface area contributed by atoms with Crippen LogP contribution in [-0.2, 0) is 6.18 Å². The highest BCUT2D eigenvalue weighted by molar-refractivity contribution is 5.98. The molecule has 1 aliphatic heterocycles. The smallest absolute Gasteiger partial charge is 0.417 e. The Balaban J connectivity index is 1.56. The second-order valence-electron chi connectivity index (χ2n) is 8.41. The van der Waals surface area contributed by atoms with Gasteiger partial charge in [-0.2, -0.15) is 13.2 Å². The Morgan fingerprint density at radius 3 is 2.56 bits per heavy atom. The van der Waals surface area contributed by atoms with E-state index in [2.05, 4.69) is 26.9 Å². The standard InChI is InChI=1S/C24H24F3N5O2/c1-15-4-7-18(14-34-20-9-6-17(12-30-20)24(25,26)27)32(13-15)23(33)21-19(8-5-16(2)31-21)22-28-10-3-11-29-22/h3,5-6,8-12,15,18H,4,7,13-14H2,1-2H3. The van der Waals surface area contributed by atoms with Crippen LogP contribution >= 0.6 is 0 Å². The van der Waals surface area contributed by atoms with Gasteiger partial charge in [-0.05, 0) is 49.9 Å². The number of halogens is 3. The minimum absolute atomic E-state index is 0.0751. The van der Waals surface area contributed by atoms with E-state index < -0.39 is 11.7 Å². The fourth-order valence-corrected chi connectivity index (χ4v) is 3.92. The molecule has 1 fully saturated rings. The molecule has 0 N–H and O–H groups in total. The number of aryl methyl sites for hydroxylation is 1. The number of alkyl halides is 3. The molecule has 1 amide bonds. The topological polar surface area (TPSA) is 81.1 Å². The largest absolute Gasteiger partial charge is 0.475 e. The van der Waals surface area contributed by atoms with Crippen LogP contribution in [0.2, 0.25) is 0 Å². The van der Waals surface area contributed by atoms with Gasteiger partial charge in [0.1, 0.15) is 12.3 Å². The third-order valence-corrected chi connectivity index (χ3v) is 5.73. The number of rotatable bonds is 5. The van der Waals surface area contributed by atoms with Gasteiger partial charge in [-0.15, -0.1) is 0 Å². The molecule has 0 bridgehead atoms. The van der Waals surface area contributed by atoms with Crippen molar-refractivity contribution in [3.8, 4) is 17.3 Å². The van der Waals surface area contributed by atoms with Crippen molar-refractivity contribution in [2.24, 2.45) is 5.92 Å². The highest BCUT2D eigenvalue weighted by atomic mass is 19.4. The van der Waals surface area contributed by atoms with Crippen LogP contribution in [0.3, 0.4) is 0 Å². The van der Waals surface area contributed by atoms with Crippen LogP contribution < -0.4 is 4.74 Å². The van der Waals surface area contributed by atoms with Crippen LogP contribution in [0.1, 0.15) is 41.5 Å². The number of ether oxygens (including phenoxy) is 1. The summed E-state index contributed by atoms with van der Waals surface area (Å²) < 4.78 is 44.0. The lowest BCUT2D eigenvalue weighted by Gasteiger charge is -2.38. The molecule has 34 heavy (non-hydrogen) atoms. The summed E-state index contributed by atoms with van der Waals surface area (Å²) in [6.45, 7) is 4.50. The quantitative estimate of drug-likeness (QED) is 0.542. The molecule has 7 nitrogen and oxygen atoms in total. The predicted molar refractivity (Wildman–Crippen MR) is 118 cm³/mol. The maximum Gasteiger partial charge on any atom is 0.417 e. The monoisotopic (exact) mass is 471 g/mol. The third-order valence-electron chi connectivity index (χ3n) is 5.73.